The summed E-state index contributed by atoms with van der Waals surface area (Å²) in [6.45, 7) is 0. The Hall–Kier alpha value is -3.87. The summed E-state index contributed by atoms with van der Waals surface area (Å²) in [4.78, 5) is 8.09. The lowest BCUT2D eigenvalue weighted by Crippen LogP contribution is -1.99. The SMILES string of the molecule is COc1ccc(C=Cc2cc(Nc3ccnc(N)n3)cc3cn[nH]c23)cc1. The van der Waals surface area contributed by atoms with E-state index < -0.39 is 0 Å². The summed E-state index contributed by atoms with van der Waals surface area (Å²) in [5.74, 6) is 1.69. The third-order valence-electron chi connectivity index (χ3n) is 4.10. The van der Waals surface area contributed by atoms with Gasteiger partial charge in [0.25, 0.3) is 0 Å². The van der Waals surface area contributed by atoms with E-state index >= 15 is 0 Å². The number of nitrogen functional groups attached to an aromatic ring is 1. The third kappa shape index (κ3) is 3.72. The maximum Gasteiger partial charge on any atom is 0.221 e. The van der Waals surface area contributed by atoms with E-state index in [0.717, 1.165) is 33.5 Å². The summed E-state index contributed by atoms with van der Waals surface area (Å²) >= 11 is 0. The molecule has 0 bridgehead atoms. The number of hydrogen-bond acceptors (Lipinski definition) is 6. The lowest BCUT2D eigenvalue weighted by molar-refractivity contribution is 0.415. The molecule has 0 aliphatic carbocycles. The molecule has 7 heteroatoms. The Balaban J connectivity index is 1.66. The van der Waals surface area contributed by atoms with Crippen molar-refractivity contribution in [3.63, 3.8) is 0 Å². The molecular weight excluding hydrogens is 340 g/mol. The molecule has 0 radical (unpaired) electrons. The molecule has 0 aliphatic rings. The van der Waals surface area contributed by atoms with Crippen molar-refractivity contribution >= 4 is 40.5 Å². The molecule has 2 aromatic heterocycles. The highest BCUT2D eigenvalue weighted by Gasteiger charge is 2.06. The second-order valence-electron chi connectivity index (χ2n) is 5.93. The molecule has 4 N–H and O–H groups in total. The van der Waals surface area contributed by atoms with Gasteiger partial charge in [-0.05, 0) is 35.9 Å². The van der Waals surface area contributed by atoms with Crippen molar-refractivity contribution < 1.29 is 4.74 Å². The van der Waals surface area contributed by atoms with Crippen molar-refractivity contribution in [3.05, 3.63) is 66.0 Å². The van der Waals surface area contributed by atoms with Crippen LogP contribution in [0.3, 0.4) is 0 Å². The van der Waals surface area contributed by atoms with Crippen molar-refractivity contribution in [2.45, 2.75) is 0 Å². The number of methoxy groups -OCH3 is 1. The zero-order chi connectivity index (χ0) is 18.6. The van der Waals surface area contributed by atoms with E-state index in [1.165, 1.54) is 0 Å². The maximum absolute atomic E-state index is 5.65. The van der Waals surface area contributed by atoms with Crippen molar-refractivity contribution in [1.29, 1.82) is 0 Å². The molecule has 0 fully saturated rings. The van der Waals surface area contributed by atoms with Gasteiger partial charge in [-0.2, -0.15) is 10.1 Å². The van der Waals surface area contributed by atoms with E-state index in [9.17, 15) is 0 Å². The number of nitrogens with one attached hydrogen (secondary N) is 2. The van der Waals surface area contributed by atoms with Gasteiger partial charge in [-0.3, -0.25) is 5.10 Å². The molecule has 2 heterocycles. The van der Waals surface area contributed by atoms with Crippen molar-refractivity contribution in [2.75, 3.05) is 18.2 Å². The number of nitrogens with zero attached hydrogens (tertiary/aromatic N) is 3. The van der Waals surface area contributed by atoms with Crippen LogP contribution in [0.25, 0.3) is 23.1 Å². The Morgan fingerprint density at radius 1 is 1.11 bits per heavy atom. The first-order valence-electron chi connectivity index (χ1n) is 8.36. The molecule has 0 spiro atoms. The Bertz CT molecular complexity index is 1100. The Kier molecular flexibility index (Phi) is 4.40. The van der Waals surface area contributed by atoms with Gasteiger partial charge < -0.3 is 15.8 Å². The number of rotatable bonds is 5. The molecule has 2 aromatic carbocycles. The molecule has 0 unspecified atom stereocenters. The molecule has 4 rings (SSSR count). The summed E-state index contributed by atoms with van der Waals surface area (Å²) in [7, 11) is 1.66. The normalized spacial score (nSPS) is 11.1. The van der Waals surface area contributed by atoms with Gasteiger partial charge in [0.15, 0.2) is 0 Å². The summed E-state index contributed by atoms with van der Waals surface area (Å²) in [5, 5.41) is 11.5. The van der Waals surface area contributed by atoms with Gasteiger partial charge >= 0.3 is 0 Å². The first-order chi connectivity index (χ1) is 13.2. The van der Waals surface area contributed by atoms with Gasteiger partial charge in [0.1, 0.15) is 11.6 Å². The van der Waals surface area contributed by atoms with Crippen LogP contribution in [0.4, 0.5) is 17.5 Å². The molecule has 0 atom stereocenters. The van der Waals surface area contributed by atoms with E-state index in [-0.39, 0.29) is 5.95 Å². The summed E-state index contributed by atoms with van der Waals surface area (Å²) < 4.78 is 5.20. The Labute approximate surface area is 155 Å². The number of anilines is 3. The van der Waals surface area contributed by atoms with Crippen LogP contribution in [-0.2, 0) is 0 Å². The van der Waals surface area contributed by atoms with Crippen LogP contribution in [0.2, 0.25) is 0 Å². The van der Waals surface area contributed by atoms with E-state index in [1.807, 2.05) is 48.6 Å². The van der Waals surface area contributed by atoms with Crippen LogP contribution < -0.4 is 15.8 Å². The molecular formula is C20H18N6O. The largest absolute Gasteiger partial charge is 0.497 e. The number of nitrogens with two attached hydrogens (primary N) is 1. The highest BCUT2D eigenvalue weighted by molar-refractivity contribution is 5.93. The van der Waals surface area contributed by atoms with Crippen LogP contribution in [0.15, 0.2) is 54.9 Å². The lowest BCUT2D eigenvalue weighted by atomic mass is 10.1. The number of benzene rings is 2. The topological polar surface area (TPSA) is 102 Å². The average molecular weight is 358 g/mol. The monoisotopic (exact) mass is 358 g/mol. The molecule has 134 valence electrons. The second kappa shape index (κ2) is 7.17. The average Bonchev–Trinajstić information content (AvgIpc) is 3.15. The highest BCUT2D eigenvalue weighted by atomic mass is 16.5. The molecule has 0 saturated carbocycles. The zero-order valence-corrected chi connectivity index (χ0v) is 14.7. The zero-order valence-electron chi connectivity index (χ0n) is 14.7. The number of ether oxygens (including phenoxy) is 1. The van der Waals surface area contributed by atoms with Gasteiger partial charge in [-0.25, -0.2) is 4.98 Å². The van der Waals surface area contributed by atoms with E-state index in [1.54, 1.807) is 25.6 Å². The smallest absolute Gasteiger partial charge is 0.221 e. The predicted molar refractivity (Wildman–Crippen MR) is 108 cm³/mol. The number of hydrogen-bond donors (Lipinski definition) is 3. The molecule has 0 aliphatic heterocycles. The first-order valence-corrected chi connectivity index (χ1v) is 8.36. The summed E-state index contributed by atoms with van der Waals surface area (Å²) in [6.07, 6.45) is 7.49. The van der Waals surface area contributed by atoms with Crippen molar-refractivity contribution in [1.82, 2.24) is 20.2 Å². The van der Waals surface area contributed by atoms with Crippen LogP contribution in [0.1, 0.15) is 11.1 Å². The maximum atomic E-state index is 5.65. The predicted octanol–water partition coefficient (Wildman–Crippen LogP) is 3.86. The minimum atomic E-state index is 0.226. The number of fused-ring (bicyclic) bond motifs is 1. The van der Waals surface area contributed by atoms with Crippen LogP contribution >= 0.6 is 0 Å². The number of aromatic nitrogens is 4. The fourth-order valence-corrected chi connectivity index (χ4v) is 2.78. The Morgan fingerprint density at radius 2 is 1.96 bits per heavy atom. The number of H-pyrrole nitrogens is 1. The quantitative estimate of drug-likeness (QED) is 0.468. The van der Waals surface area contributed by atoms with Crippen molar-refractivity contribution in [3.8, 4) is 5.75 Å². The lowest BCUT2D eigenvalue weighted by Gasteiger charge is -2.08. The standard InChI is InChI=1S/C20H18N6O/c1-27-17-6-3-13(4-7-17)2-5-14-10-16(11-15-12-23-26-19(14)15)24-18-8-9-22-20(21)25-18/h2-12H,1H3,(H,23,26)(H3,21,22,24,25). The number of aromatic amines is 1. The Morgan fingerprint density at radius 3 is 2.74 bits per heavy atom. The van der Waals surface area contributed by atoms with Crippen LogP contribution in [0.5, 0.6) is 5.75 Å². The van der Waals surface area contributed by atoms with Crippen LogP contribution in [-0.4, -0.2) is 27.3 Å². The van der Waals surface area contributed by atoms with Gasteiger partial charge in [0, 0.05) is 22.8 Å². The van der Waals surface area contributed by atoms with Crippen LogP contribution in [0, 0.1) is 0 Å². The molecule has 0 amide bonds. The fourth-order valence-electron chi connectivity index (χ4n) is 2.78. The highest BCUT2D eigenvalue weighted by Crippen LogP contribution is 2.26. The van der Waals surface area contributed by atoms with Gasteiger partial charge in [-0.1, -0.05) is 24.3 Å². The van der Waals surface area contributed by atoms with Gasteiger partial charge in [0.05, 0.1) is 18.8 Å². The summed E-state index contributed by atoms with van der Waals surface area (Å²) in [5.41, 5.74) is 9.58. The minimum Gasteiger partial charge on any atom is -0.497 e. The van der Waals surface area contributed by atoms with Gasteiger partial charge in [0.2, 0.25) is 5.95 Å². The van der Waals surface area contributed by atoms with E-state index in [2.05, 4.69) is 25.5 Å². The second-order valence-corrected chi connectivity index (χ2v) is 5.93. The molecule has 7 nitrogen and oxygen atoms in total. The molecule has 4 aromatic rings. The third-order valence-corrected chi connectivity index (χ3v) is 4.10. The van der Waals surface area contributed by atoms with Crippen molar-refractivity contribution in [2.24, 2.45) is 0 Å². The van der Waals surface area contributed by atoms with Gasteiger partial charge in [-0.15, -0.1) is 0 Å². The fraction of sp³-hybridized carbons (Fsp3) is 0.0500. The molecule has 27 heavy (non-hydrogen) atoms. The minimum absolute atomic E-state index is 0.226. The van der Waals surface area contributed by atoms with E-state index in [4.69, 9.17) is 10.5 Å². The first kappa shape index (κ1) is 16.6. The van der Waals surface area contributed by atoms with E-state index in [0.29, 0.717) is 5.82 Å². The molecule has 0 saturated heterocycles. The summed E-state index contributed by atoms with van der Waals surface area (Å²) in [6, 6.07) is 13.7.